The van der Waals surface area contributed by atoms with Gasteiger partial charge in [0, 0.05) is 23.6 Å². The second kappa shape index (κ2) is 9.74. The van der Waals surface area contributed by atoms with Gasteiger partial charge in [-0.3, -0.25) is 4.79 Å². The molecule has 2 aromatic rings. The van der Waals surface area contributed by atoms with E-state index in [9.17, 15) is 22.4 Å². The standard InChI is InChI=1S/C21H22ClFN2O5S/c1-14-18(21(22)25(24-14)17-10-12-31(28,29)13-17)8-9-20(27)30-11-2-3-19(26)15-4-6-16(23)7-5-15/h4-9,17H,2-3,10-13H2,1H3/b9-8+/t17-/m1/s1. The lowest BCUT2D eigenvalue weighted by atomic mass is 10.1. The zero-order valence-electron chi connectivity index (χ0n) is 16.9. The maximum absolute atomic E-state index is 12.9. The van der Waals surface area contributed by atoms with Crippen LogP contribution in [0.15, 0.2) is 30.3 Å². The number of ketones is 1. The van der Waals surface area contributed by atoms with Crippen molar-refractivity contribution in [3.8, 4) is 0 Å². The largest absolute Gasteiger partial charge is 0.463 e. The normalized spacial score (nSPS) is 17.8. The van der Waals surface area contributed by atoms with Gasteiger partial charge in [-0.2, -0.15) is 5.10 Å². The summed E-state index contributed by atoms with van der Waals surface area (Å²) < 4.78 is 42.9. The summed E-state index contributed by atoms with van der Waals surface area (Å²) in [4.78, 5) is 24.0. The van der Waals surface area contributed by atoms with Gasteiger partial charge in [0.1, 0.15) is 11.0 Å². The average Bonchev–Trinajstić information content (AvgIpc) is 3.22. The first kappa shape index (κ1) is 23.1. The highest BCUT2D eigenvalue weighted by Crippen LogP contribution is 2.30. The van der Waals surface area contributed by atoms with Gasteiger partial charge in [-0.05, 0) is 50.1 Å². The van der Waals surface area contributed by atoms with E-state index in [-0.39, 0.29) is 41.5 Å². The number of esters is 1. The van der Waals surface area contributed by atoms with Crippen molar-refractivity contribution < 1.29 is 27.1 Å². The van der Waals surface area contributed by atoms with Gasteiger partial charge in [-0.15, -0.1) is 0 Å². The van der Waals surface area contributed by atoms with Crippen LogP contribution in [0.3, 0.4) is 0 Å². The molecule has 1 saturated heterocycles. The summed E-state index contributed by atoms with van der Waals surface area (Å²) >= 11 is 6.36. The number of nitrogens with zero attached hydrogens (tertiary/aromatic N) is 2. The topological polar surface area (TPSA) is 95.3 Å². The van der Waals surface area contributed by atoms with Gasteiger partial charge < -0.3 is 4.74 Å². The minimum Gasteiger partial charge on any atom is -0.463 e. The van der Waals surface area contributed by atoms with E-state index in [1.807, 2.05) is 0 Å². The van der Waals surface area contributed by atoms with E-state index in [0.29, 0.717) is 29.7 Å². The lowest BCUT2D eigenvalue weighted by Crippen LogP contribution is -2.12. The summed E-state index contributed by atoms with van der Waals surface area (Å²) in [7, 11) is -3.08. The van der Waals surface area contributed by atoms with E-state index in [0.717, 1.165) is 0 Å². The van der Waals surface area contributed by atoms with E-state index in [4.69, 9.17) is 16.3 Å². The molecular formula is C21H22ClFN2O5S. The molecule has 31 heavy (non-hydrogen) atoms. The van der Waals surface area contributed by atoms with Crippen LogP contribution < -0.4 is 0 Å². The van der Waals surface area contributed by atoms with Gasteiger partial charge >= 0.3 is 5.97 Å². The van der Waals surface area contributed by atoms with Crippen molar-refractivity contribution in [1.29, 1.82) is 0 Å². The molecule has 1 aliphatic rings. The molecule has 7 nitrogen and oxygen atoms in total. The Morgan fingerprint density at radius 3 is 2.68 bits per heavy atom. The third kappa shape index (κ3) is 6.01. The number of aromatic nitrogens is 2. The van der Waals surface area contributed by atoms with Crippen molar-refractivity contribution in [3.63, 3.8) is 0 Å². The average molecular weight is 469 g/mol. The molecule has 166 valence electrons. The molecule has 1 aromatic carbocycles. The second-order valence-electron chi connectivity index (χ2n) is 7.33. The molecule has 3 rings (SSSR count). The van der Waals surface area contributed by atoms with Gasteiger partial charge in [0.05, 0.1) is 29.8 Å². The van der Waals surface area contributed by atoms with Crippen LogP contribution in [0, 0.1) is 12.7 Å². The SMILES string of the molecule is Cc1nn([C@@H]2CCS(=O)(=O)C2)c(Cl)c1/C=C/C(=O)OCCCC(=O)c1ccc(F)cc1. The first-order valence-corrected chi connectivity index (χ1v) is 11.9. The van der Waals surface area contributed by atoms with Crippen molar-refractivity contribution in [2.45, 2.75) is 32.2 Å². The Morgan fingerprint density at radius 2 is 2.03 bits per heavy atom. The van der Waals surface area contributed by atoms with E-state index in [1.54, 1.807) is 6.92 Å². The summed E-state index contributed by atoms with van der Waals surface area (Å²) in [5, 5.41) is 4.59. The molecular weight excluding hydrogens is 447 g/mol. The molecule has 1 aliphatic heterocycles. The van der Waals surface area contributed by atoms with Crippen molar-refractivity contribution in [1.82, 2.24) is 9.78 Å². The van der Waals surface area contributed by atoms with E-state index < -0.39 is 21.6 Å². The molecule has 0 spiro atoms. The van der Waals surface area contributed by atoms with E-state index in [2.05, 4.69) is 5.10 Å². The zero-order valence-corrected chi connectivity index (χ0v) is 18.5. The molecule has 0 unspecified atom stereocenters. The number of rotatable bonds is 8. The van der Waals surface area contributed by atoms with Crippen LogP contribution in [0.1, 0.15) is 46.9 Å². The van der Waals surface area contributed by atoms with Crippen molar-refractivity contribution >= 4 is 39.3 Å². The summed E-state index contributed by atoms with van der Waals surface area (Å²) in [6.07, 6.45) is 3.66. The van der Waals surface area contributed by atoms with Crippen LogP contribution in [0.5, 0.6) is 0 Å². The number of aryl methyl sites for hydroxylation is 1. The molecule has 2 heterocycles. The number of carbonyl (C=O) groups excluding carboxylic acids is 2. The lowest BCUT2D eigenvalue weighted by Gasteiger charge is -2.09. The van der Waals surface area contributed by atoms with Crippen LogP contribution in [0.4, 0.5) is 4.39 Å². The Labute approximate surface area is 184 Å². The second-order valence-corrected chi connectivity index (χ2v) is 9.91. The van der Waals surface area contributed by atoms with Crippen LogP contribution in [0.25, 0.3) is 6.08 Å². The van der Waals surface area contributed by atoms with Gasteiger partial charge in [0.2, 0.25) is 0 Å². The van der Waals surface area contributed by atoms with Crippen LogP contribution in [-0.4, -0.2) is 48.1 Å². The highest BCUT2D eigenvalue weighted by molar-refractivity contribution is 7.91. The number of ether oxygens (including phenoxy) is 1. The number of Topliss-reactive ketones (excluding diaryl/α,β-unsaturated/α-hetero) is 1. The Bertz CT molecular complexity index is 1110. The summed E-state index contributed by atoms with van der Waals surface area (Å²) in [5.74, 6) is -1.06. The van der Waals surface area contributed by atoms with Gasteiger partial charge in [0.25, 0.3) is 0 Å². The molecule has 0 bridgehead atoms. The Morgan fingerprint density at radius 1 is 1.32 bits per heavy atom. The number of sulfone groups is 1. The first-order valence-electron chi connectivity index (χ1n) is 9.75. The lowest BCUT2D eigenvalue weighted by molar-refractivity contribution is -0.137. The molecule has 0 N–H and O–H groups in total. The fraction of sp³-hybridized carbons (Fsp3) is 0.381. The predicted molar refractivity (Wildman–Crippen MR) is 114 cm³/mol. The maximum Gasteiger partial charge on any atom is 0.330 e. The molecule has 1 atom stereocenters. The Hall–Kier alpha value is -2.52. The molecule has 0 radical (unpaired) electrons. The quantitative estimate of drug-likeness (QED) is 0.254. The van der Waals surface area contributed by atoms with Gasteiger partial charge in [-0.1, -0.05) is 11.6 Å². The summed E-state index contributed by atoms with van der Waals surface area (Å²) in [6, 6.07) is 4.96. The minimum atomic E-state index is -3.08. The van der Waals surface area contributed by atoms with Crippen molar-refractivity contribution in [2.24, 2.45) is 0 Å². The van der Waals surface area contributed by atoms with Crippen LogP contribution in [0.2, 0.25) is 5.15 Å². The van der Waals surface area contributed by atoms with E-state index in [1.165, 1.54) is 41.1 Å². The molecule has 1 fully saturated rings. The summed E-state index contributed by atoms with van der Waals surface area (Å²) in [5.41, 5.74) is 1.50. The van der Waals surface area contributed by atoms with Crippen molar-refractivity contribution in [2.75, 3.05) is 18.1 Å². The van der Waals surface area contributed by atoms with Crippen LogP contribution in [-0.2, 0) is 19.4 Å². The predicted octanol–water partition coefficient (Wildman–Crippen LogP) is 3.56. The molecule has 0 saturated carbocycles. The van der Waals surface area contributed by atoms with Crippen molar-refractivity contribution in [3.05, 3.63) is 58.1 Å². The number of hydrogen-bond acceptors (Lipinski definition) is 6. The highest BCUT2D eigenvalue weighted by Gasteiger charge is 2.31. The molecule has 1 aromatic heterocycles. The van der Waals surface area contributed by atoms with Gasteiger partial charge in [0.15, 0.2) is 15.6 Å². The molecule has 10 heteroatoms. The maximum atomic E-state index is 12.9. The molecule has 0 amide bonds. The fourth-order valence-corrected chi connectivity index (χ4v) is 5.38. The smallest absolute Gasteiger partial charge is 0.330 e. The number of halogens is 2. The monoisotopic (exact) mass is 468 g/mol. The van der Waals surface area contributed by atoms with Gasteiger partial charge in [-0.25, -0.2) is 22.3 Å². The van der Waals surface area contributed by atoms with E-state index >= 15 is 0 Å². The minimum absolute atomic E-state index is 0.00429. The number of hydrogen-bond donors (Lipinski definition) is 0. The number of benzene rings is 1. The molecule has 0 aliphatic carbocycles. The fourth-order valence-electron chi connectivity index (χ4n) is 3.32. The third-order valence-electron chi connectivity index (χ3n) is 4.97. The Kier molecular flexibility index (Phi) is 7.27. The Balaban J connectivity index is 1.50. The highest BCUT2D eigenvalue weighted by atomic mass is 35.5. The number of carbonyl (C=O) groups is 2. The first-order chi connectivity index (χ1) is 14.7. The zero-order chi connectivity index (χ0) is 22.6. The van der Waals surface area contributed by atoms with Crippen LogP contribution >= 0.6 is 11.6 Å². The summed E-state index contributed by atoms with van der Waals surface area (Å²) in [6.45, 7) is 1.78. The third-order valence-corrected chi connectivity index (χ3v) is 7.10.